The average molecular weight is 304 g/mol. The van der Waals surface area contributed by atoms with Crippen molar-refractivity contribution in [3.05, 3.63) is 23.9 Å². The van der Waals surface area contributed by atoms with Gasteiger partial charge in [0, 0.05) is 24.8 Å². The highest BCUT2D eigenvalue weighted by Gasteiger charge is 2.31. The first kappa shape index (κ1) is 14.8. The Balaban J connectivity index is 1.95. The van der Waals surface area contributed by atoms with Gasteiger partial charge in [-0.25, -0.2) is 4.79 Å². The molecule has 1 fully saturated rings. The van der Waals surface area contributed by atoms with Crippen molar-refractivity contribution in [3.63, 3.8) is 0 Å². The lowest BCUT2D eigenvalue weighted by atomic mass is 9.89. The number of carbonyl (C=O) groups is 1. The van der Waals surface area contributed by atoms with Crippen molar-refractivity contribution in [2.75, 3.05) is 7.11 Å². The minimum absolute atomic E-state index is 0.0910. The lowest BCUT2D eigenvalue weighted by Crippen LogP contribution is -2.32. The van der Waals surface area contributed by atoms with Crippen LogP contribution in [-0.4, -0.2) is 40.2 Å². The Morgan fingerprint density at radius 2 is 2.14 bits per heavy atom. The van der Waals surface area contributed by atoms with Crippen molar-refractivity contribution < 1.29 is 19.4 Å². The molecule has 118 valence electrons. The van der Waals surface area contributed by atoms with E-state index in [1.54, 1.807) is 19.2 Å². The monoisotopic (exact) mass is 304 g/mol. The van der Waals surface area contributed by atoms with Crippen molar-refractivity contribution >= 4 is 16.9 Å². The predicted octanol–water partition coefficient (Wildman–Crippen LogP) is 2.87. The number of benzene rings is 1. The van der Waals surface area contributed by atoms with Crippen LogP contribution < -0.4 is 4.74 Å². The Hall–Kier alpha value is -2.08. The zero-order chi connectivity index (χ0) is 15.9. The zero-order valence-corrected chi connectivity index (χ0v) is 12.9. The maximum absolute atomic E-state index is 11.4. The van der Waals surface area contributed by atoms with Crippen LogP contribution in [0.4, 0.5) is 0 Å². The summed E-state index contributed by atoms with van der Waals surface area (Å²) in [5.74, 6) is -0.628. The van der Waals surface area contributed by atoms with Crippen molar-refractivity contribution in [1.82, 2.24) is 9.78 Å². The zero-order valence-electron chi connectivity index (χ0n) is 12.9. The molecule has 0 radical (unpaired) electrons. The van der Waals surface area contributed by atoms with Crippen LogP contribution in [-0.2, 0) is 4.74 Å². The van der Waals surface area contributed by atoms with Crippen LogP contribution in [0.25, 0.3) is 10.9 Å². The third-order valence-corrected chi connectivity index (χ3v) is 3.99. The fourth-order valence-corrected chi connectivity index (χ4v) is 2.72. The van der Waals surface area contributed by atoms with Gasteiger partial charge in [-0.05, 0) is 32.8 Å². The van der Waals surface area contributed by atoms with Gasteiger partial charge < -0.3 is 14.6 Å². The van der Waals surface area contributed by atoms with Gasteiger partial charge in [-0.3, -0.25) is 4.68 Å². The van der Waals surface area contributed by atoms with E-state index in [-0.39, 0.29) is 11.7 Å². The topological polar surface area (TPSA) is 73.6 Å². The summed E-state index contributed by atoms with van der Waals surface area (Å²) in [6.07, 6.45) is 3.98. The normalized spacial score (nSPS) is 21.1. The van der Waals surface area contributed by atoms with E-state index >= 15 is 0 Å². The van der Waals surface area contributed by atoms with Gasteiger partial charge in [0.25, 0.3) is 0 Å². The van der Waals surface area contributed by atoms with Crippen LogP contribution in [0.5, 0.6) is 5.75 Å². The highest BCUT2D eigenvalue weighted by Crippen LogP contribution is 2.35. The number of hydrogen-bond acceptors (Lipinski definition) is 4. The summed E-state index contributed by atoms with van der Waals surface area (Å²) in [6, 6.07) is 3.66. The second kappa shape index (κ2) is 5.61. The van der Waals surface area contributed by atoms with E-state index in [2.05, 4.69) is 5.10 Å². The third kappa shape index (κ3) is 2.66. The van der Waals surface area contributed by atoms with Gasteiger partial charge in [-0.15, -0.1) is 0 Å². The van der Waals surface area contributed by atoms with E-state index in [9.17, 15) is 9.90 Å². The fraction of sp³-hybridized carbons (Fsp3) is 0.500. The molecule has 0 saturated heterocycles. The largest absolute Gasteiger partial charge is 0.490 e. The van der Waals surface area contributed by atoms with Gasteiger partial charge in [0.05, 0.1) is 23.8 Å². The molecule has 22 heavy (non-hydrogen) atoms. The molecule has 2 aromatic rings. The van der Waals surface area contributed by atoms with Gasteiger partial charge in [-0.1, -0.05) is 0 Å². The summed E-state index contributed by atoms with van der Waals surface area (Å²) >= 11 is 0. The van der Waals surface area contributed by atoms with E-state index in [1.165, 1.54) is 0 Å². The molecule has 6 nitrogen and oxygen atoms in total. The number of aromatic carboxylic acids is 1. The van der Waals surface area contributed by atoms with Gasteiger partial charge in [-0.2, -0.15) is 5.10 Å². The van der Waals surface area contributed by atoms with Crippen molar-refractivity contribution in [2.45, 2.75) is 44.9 Å². The predicted molar refractivity (Wildman–Crippen MR) is 81.5 cm³/mol. The first-order valence-electron chi connectivity index (χ1n) is 7.43. The summed E-state index contributed by atoms with van der Waals surface area (Å²) < 4.78 is 12.8. The molecule has 0 amide bonds. The Morgan fingerprint density at radius 3 is 2.73 bits per heavy atom. The Morgan fingerprint density at radius 1 is 1.41 bits per heavy atom. The number of methoxy groups -OCH3 is 1. The van der Waals surface area contributed by atoms with E-state index in [1.807, 2.05) is 24.7 Å². The Labute approximate surface area is 128 Å². The molecule has 6 heteroatoms. The van der Waals surface area contributed by atoms with Crippen LogP contribution >= 0.6 is 0 Å². The Kier molecular flexibility index (Phi) is 3.78. The van der Waals surface area contributed by atoms with Crippen LogP contribution in [0.2, 0.25) is 0 Å². The lowest BCUT2D eigenvalue weighted by Gasteiger charge is -2.34. The highest BCUT2D eigenvalue weighted by atomic mass is 16.5. The minimum Gasteiger partial charge on any atom is -0.490 e. The quantitative estimate of drug-likeness (QED) is 0.919. The molecular weight excluding hydrogens is 284 g/mol. The molecule has 0 bridgehead atoms. The lowest BCUT2D eigenvalue weighted by molar-refractivity contribution is 0.00269. The summed E-state index contributed by atoms with van der Waals surface area (Å²) in [5.41, 5.74) is 0.922. The van der Waals surface area contributed by atoms with Gasteiger partial charge in [0.1, 0.15) is 11.3 Å². The molecule has 1 N–H and O–H groups in total. The summed E-state index contributed by atoms with van der Waals surface area (Å²) in [5, 5.41) is 14.7. The maximum atomic E-state index is 11.4. The number of fused-ring (bicyclic) bond motifs is 1. The van der Waals surface area contributed by atoms with Crippen molar-refractivity contribution in [3.8, 4) is 5.75 Å². The van der Waals surface area contributed by atoms with E-state index < -0.39 is 5.97 Å². The number of hydrogen-bond donors (Lipinski definition) is 1. The molecular formula is C16H20N2O4. The smallest absolute Gasteiger partial charge is 0.339 e. The first-order chi connectivity index (χ1) is 10.5. The van der Waals surface area contributed by atoms with E-state index in [0.29, 0.717) is 17.9 Å². The minimum atomic E-state index is -0.992. The van der Waals surface area contributed by atoms with Crippen LogP contribution in [0, 0.1) is 0 Å². The van der Waals surface area contributed by atoms with Gasteiger partial charge in [0.15, 0.2) is 0 Å². The number of ether oxygens (including phenoxy) is 2. The van der Waals surface area contributed by atoms with Crippen LogP contribution in [0.3, 0.4) is 0 Å². The van der Waals surface area contributed by atoms with E-state index in [4.69, 9.17) is 9.47 Å². The van der Waals surface area contributed by atoms with Gasteiger partial charge >= 0.3 is 5.97 Å². The van der Waals surface area contributed by atoms with Crippen LogP contribution in [0.1, 0.15) is 43.1 Å². The first-order valence-corrected chi connectivity index (χ1v) is 7.43. The number of rotatable bonds is 5. The molecule has 1 aromatic heterocycles. The molecule has 0 atom stereocenters. The molecule has 1 aliphatic rings. The number of carboxylic acids is 1. The summed E-state index contributed by atoms with van der Waals surface area (Å²) in [4.78, 5) is 11.4. The average Bonchev–Trinajstić information content (AvgIpc) is 2.77. The standard InChI is InChI=1S/C16H20N2O4/c1-9(2)22-15-7-14-10(4-13(15)16(19)20)8-18(17-14)11-5-12(6-11)21-3/h4,7-9,11-12H,5-6H2,1-3H3,(H,19,20). The van der Waals surface area contributed by atoms with Crippen molar-refractivity contribution in [1.29, 1.82) is 0 Å². The molecule has 1 aliphatic carbocycles. The van der Waals surface area contributed by atoms with Gasteiger partial charge in [0.2, 0.25) is 0 Å². The second-order valence-electron chi connectivity index (χ2n) is 5.97. The van der Waals surface area contributed by atoms with Crippen molar-refractivity contribution in [2.24, 2.45) is 0 Å². The molecule has 3 rings (SSSR count). The number of carboxylic acid groups (broad SMARTS) is 1. The molecule has 0 aliphatic heterocycles. The maximum Gasteiger partial charge on any atom is 0.339 e. The second-order valence-corrected chi connectivity index (χ2v) is 5.97. The molecule has 1 heterocycles. The summed E-state index contributed by atoms with van der Waals surface area (Å²) in [6.45, 7) is 3.74. The fourth-order valence-electron chi connectivity index (χ4n) is 2.72. The Bertz CT molecular complexity index is 701. The highest BCUT2D eigenvalue weighted by molar-refractivity contribution is 5.96. The molecule has 0 spiro atoms. The van der Waals surface area contributed by atoms with Crippen LogP contribution in [0.15, 0.2) is 18.3 Å². The SMILES string of the molecule is COC1CC(n2cc3cc(C(=O)O)c(OC(C)C)cc3n2)C1. The third-order valence-electron chi connectivity index (χ3n) is 3.99. The molecule has 0 unspecified atom stereocenters. The van der Waals surface area contributed by atoms with E-state index in [0.717, 1.165) is 23.7 Å². The molecule has 1 aromatic carbocycles. The number of aromatic nitrogens is 2. The summed E-state index contributed by atoms with van der Waals surface area (Å²) in [7, 11) is 1.72. The number of nitrogens with zero attached hydrogens (tertiary/aromatic N) is 2. The molecule has 1 saturated carbocycles.